The van der Waals surface area contributed by atoms with E-state index in [9.17, 15) is 19.3 Å². The fraction of sp³-hybridized carbons (Fsp3) is 0.462. The van der Waals surface area contributed by atoms with Crippen molar-refractivity contribution in [3.63, 3.8) is 0 Å². The van der Waals surface area contributed by atoms with E-state index in [2.05, 4.69) is 10.6 Å². The summed E-state index contributed by atoms with van der Waals surface area (Å²) in [5, 5.41) is 16.0. The number of nitro groups is 1. The van der Waals surface area contributed by atoms with Crippen LogP contribution in [0.25, 0.3) is 0 Å². The molecular formula is C13H17ClFN3O3. The number of amides is 1. The second-order valence-electron chi connectivity index (χ2n) is 5.52. The van der Waals surface area contributed by atoms with Gasteiger partial charge in [-0.05, 0) is 20.8 Å². The van der Waals surface area contributed by atoms with Crippen LogP contribution in [0.15, 0.2) is 12.1 Å². The molecule has 1 aromatic rings. The van der Waals surface area contributed by atoms with Gasteiger partial charge in [0.15, 0.2) is 0 Å². The largest absolute Gasteiger partial charge is 0.379 e. The maximum Gasteiger partial charge on any atom is 0.294 e. The van der Waals surface area contributed by atoms with Gasteiger partial charge in [-0.15, -0.1) is 0 Å². The van der Waals surface area contributed by atoms with Crippen molar-refractivity contribution in [2.24, 2.45) is 0 Å². The Balaban J connectivity index is 2.69. The van der Waals surface area contributed by atoms with Gasteiger partial charge in [0, 0.05) is 30.6 Å². The lowest BCUT2D eigenvalue weighted by molar-refractivity contribution is -0.384. The summed E-state index contributed by atoms with van der Waals surface area (Å²) in [6, 6.07) is 1.89. The lowest BCUT2D eigenvalue weighted by Crippen LogP contribution is -2.41. The van der Waals surface area contributed by atoms with Gasteiger partial charge >= 0.3 is 0 Å². The van der Waals surface area contributed by atoms with Crippen LogP contribution in [0, 0.1) is 15.9 Å². The van der Waals surface area contributed by atoms with Gasteiger partial charge in [0.05, 0.1) is 9.95 Å². The lowest BCUT2D eigenvalue weighted by atomic mass is 10.1. The van der Waals surface area contributed by atoms with Crippen LogP contribution < -0.4 is 10.6 Å². The number of carbonyl (C=O) groups excluding carboxylic acids is 1. The summed E-state index contributed by atoms with van der Waals surface area (Å²) in [5.74, 6) is -0.962. The fourth-order valence-corrected chi connectivity index (χ4v) is 1.78. The Labute approximate surface area is 126 Å². The molecule has 0 radical (unpaired) electrons. The van der Waals surface area contributed by atoms with Crippen molar-refractivity contribution < 1.29 is 14.1 Å². The highest BCUT2D eigenvalue weighted by Gasteiger charge is 2.18. The molecule has 8 heteroatoms. The van der Waals surface area contributed by atoms with E-state index in [-0.39, 0.29) is 40.8 Å². The first-order valence-corrected chi connectivity index (χ1v) is 6.66. The quantitative estimate of drug-likeness (QED) is 0.645. The minimum Gasteiger partial charge on any atom is -0.379 e. The Hall–Kier alpha value is -1.89. The first kappa shape index (κ1) is 17.2. The molecule has 116 valence electrons. The monoisotopic (exact) mass is 317 g/mol. The van der Waals surface area contributed by atoms with Crippen molar-refractivity contribution >= 4 is 28.9 Å². The summed E-state index contributed by atoms with van der Waals surface area (Å²) in [6.07, 6.45) is 0.110. The number of nitrogens with one attached hydrogen (secondary N) is 2. The minimum absolute atomic E-state index is 0.00883. The molecule has 21 heavy (non-hydrogen) atoms. The van der Waals surface area contributed by atoms with Crippen LogP contribution in [0.5, 0.6) is 0 Å². The number of rotatable bonds is 5. The zero-order chi connectivity index (χ0) is 16.2. The molecule has 6 nitrogen and oxygen atoms in total. The second kappa shape index (κ2) is 6.71. The number of nitrogens with zero attached hydrogens (tertiary/aromatic N) is 1. The van der Waals surface area contributed by atoms with E-state index in [4.69, 9.17) is 11.6 Å². The number of nitro benzene ring substituents is 1. The smallest absolute Gasteiger partial charge is 0.294 e. The lowest BCUT2D eigenvalue weighted by Gasteiger charge is -2.20. The van der Waals surface area contributed by atoms with Gasteiger partial charge in [0.25, 0.3) is 5.69 Å². The number of hydrogen-bond acceptors (Lipinski definition) is 4. The molecule has 0 unspecified atom stereocenters. The summed E-state index contributed by atoms with van der Waals surface area (Å²) in [4.78, 5) is 21.8. The Morgan fingerprint density at radius 1 is 1.43 bits per heavy atom. The molecular weight excluding hydrogens is 301 g/mol. The topological polar surface area (TPSA) is 84.3 Å². The van der Waals surface area contributed by atoms with E-state index in [0.29, 0.717) is 0 Å². The third-order valence-corrected chi connectivity index (χ3v) is 2.71. The molecule has 0 aromatic heterocycles. The molecule has 0 heterocycles. The maximum atomic E-state index is 13.4. The van der Waals surface area contributed by atoms with E-state index >= 15 is 0 Å². The van der Waals surface area contributed by atoms with Gasteiger partial charge in [-0.1, -0.05) is 11.6 Å². The highest BCUT2D eigenvalue weighted by Crippen LogP contribution is 2.30. The first-order valence-electron chi connectivity index (χ1n) is 6.28. The van der Waals surface area contributed by atoms with Crippen molar-refractivity contribution in [2.75, 3.05) is 11.9 Å². The number of hydrogen-bond donors (Lipinski definition) is 2. The van der Waals surface area contributed by atoms with Crippen molar-refractivity contribution in [3.8, 4) is 0 Å². The molecule has 0 atom stereocenters. The molecule has 0 aliphatic heterocycles. The van der Waals surface area contributed by atoms with Crippen LogP contribution in [0.4, 0.5) is 15.8 Å². The third kappa shape index (κ3) is 5.55. The van der Waals surface area contributed by atoms with Gasteiger partial charge < -0.3 is 10.6 Å². The molecule has 0 saturated heterocycles. The Kier molecular flexibility index (Phi) is 5.48. The summed E-state index contributed by atoms with van der Waals surface area (Å²) in [6.45, 7) is 5.68. The third-order valence-electron chi connectivity index (χ3n) is 2.42. The number of benzene rings is 1. The van der Waals surface area contributed by atoms with Crippen LogP contribution in [-0.2, 0) is 4.79 Å². The van der Waals surface area contributed by atoms with Crippen LogP contribution in [0.1, 0.15) is 27.2 Å². The van der Waals surface area contributed by atoms with Crippen molar-refractivity contribution in [3.05, 3.63) is 33.1 Å². The van der Waals surface area contributed by atoms with Gasteiger partial charge in [-0.3, -0.25) is 14.9 Å². The highest BCUT2D eigenvalue weighted by molar-refractivity contribution is 6.31. The Morgan fingerprint density at radius 2 is 2.05 bits per heavy atom. The molecule has 0 bridgehead atoms. The first-order chi connectivity index (χ1) is 9.60. The Bertz CT molecular complexity index is 558. The van der Waals surface area contributed by atoms with Crippen molar-refractivity contribution in [1.29, 1.82) is 0 Å². The van der Waals surface area contributed by atoms with E-state index in [1.165, 1.54) is 0 Å². The predicted molar refractivity (Wildman–Crippen MR) is 79.1 cm³/mol. The SMILES string of the molecule is CC(C)(C)NC(=O)CCNc1cc(F)c(Cl)cc1[N+](=O)[O-]. The van der Waals surface area contributed by atoms with E-state index in [0.717, 1.165) is 12.1 Å². The average Bonchev–Trinajstić information content (AvgIpc) is 2.30. The molecule has 0 saturated carbocycles. The molecule has 1 rings (SSSR count). The number of halogens is 2. The molecule has 0 aliphatic rings. The molecule has 0 spiro atoms. The summed E-state index contributed by atoms with van der Waals surface area (Å²) >= 11 is 5.52. The molecule has 0 fully saturated rings. The van der Waals surface area contributed by atoms with Crippen molar-refractivity contribution in [1.82, 2.24) is 5.32 Å². The van der Waals surface area contributed by atoms with Gasteiger partial charge in [-0.25, -0.2) is 4.39 Å². The molecule has 1 amide bonds. The summed E-state index contributed by atoms with van der Waals surface area (Å²) in [5.41, 5.74) is -0.696. The van der Waals surface area contributed by atoms with Crippen LogP contribution in [0.3, 0.4) is 0 Å². The van der Waals surface area contributed by atoms with E-state index < -0.39 is 10.7 Å². The number of anilines is 1. The van der Waals surface area contributed by atoms with Crippen LogP contribution in [0.2, 0.25) is 5.02 Å². The maximum absolute atomic E-state index is 13.4. The van der Waals surface area contributed by atoms with Gasteiger partial charge in [-0.2, -0.15) is 0 Å². The Morgan fingerprint density at radius 3 is 2.57 bits per heavy atom. The standard InChI is InChI=1S/C13H17ClFN3O3/c1-13(2,3)17-12(19)4-5-16-10-7-9(15)8(14)6-11(10)18(20)21/h6-7,16H,4-5H2,1-3H3,(H,17,19). The van der Waals surface area contributed by atoms with E-state index in [1.807, 2.05) is 20.8 Å². The molecule has 1 aromatic carbocycles. The summed E-state index contributed by atoms with van der Waals surface area (Å²) in [7, 11) is 0. The van der Waals surface area contributed by atoms with Crippen LogP contribution in [-0.4, -0.2) is 22.9 Å². The second-order valence-corrected chi connectivity index (χ2v) is 5.92. The normalized spacial score (nSPS) is 11.1. The zero-order valence-electron chi connectivity index (χ0n) is 12.0. The predicted octanol–water partition coefficient (Wildman–Crippen LogP) is 3.10. The number of carbonyl (C=O) groups is 1. The van der Waals surface area contributed by atoms with Gasteiger partial charge in [0.2, 0.25) is 5.91 Å². The average molecular weight is 318 g/mol. The highest BCUT2D eigenvalue weighted by atomic mass is 35.5. The summed E-state index contributed by atoms with van der Waals surface area (Å²) < 4.78 is 13.4. The van der Waals surface area contributed by atoms with Gasteiger partial charge in [0.1, 0.15) is 11.5 Å². The fourth-order valence-electron chi connectivity index (χ4n) is 1.62. The molecule has 2 N–H and O–H groups in total. The zero-order valence-corrected chi connectivity index (χ0v) is 12.8. The minimum atomic E-state index is -0.760. The molecule has 0 aliphatic carbocycles. The van der Waals surface area contributed by atoms with Crippen LogP contribution >= 0.6 is 11.6 Å². The van der Waals surface area contributed by atoms with Crippen molar-refractivity contribution in [2.45, 2.75) is 32.7 Å². The van der Waals surface area contributed by atoms with E-state index in [1.54, 1.807) is 0 Å².